The highest BCUT2D eigenvalue weighted by atomic mass is 32.1. The van der Waals surface area contributed by atoms with Crippen LogP contribution in [0, 0.1) is 4.77 Å². The number of aromatic amines is 1. The first-order chi connectivity index (χ1) is 4.34. The van der Waals surface area contributed by atoms with Gasteiger partial charge in [0.05, 0.1) is 6.54 Å². The van der Waals surface area contributed by atoms with Gasteiger partial charge in [0.2, 0.25) is 0 Å². The van der Waals surface area contributed by atoms with Gasteiger partial charge in [-0.2, -0.15) is 5.10 Å². The summed E-state index contributed by atoms with van der Waals surface area (Å²) >= 11 is 4.73. The lowest BCUT2D eigenvalue weighted by molar-refractivity contribution is 0.443. The van der Waals surface area contributed by atoms with Crippen molar-refractivity contribution in [3.8, 4) is 0 Å². The molecule has 0 saturated carbocycles. The summed E-state index contributed by atoms with van der Waals surface area (Å²) in [5.41, 5.74) is 0. The lowest BCUT2D eigenvalue weighted by Gasteiger charge is -1.91. The molecule has 0 aliphatic rings. The Morgan fingerprint density at radius 3 is 3.11 bits per heavy atom. The topological polar surface area (TPSA) is 33.6 Å². The molecule has 0 aliphatic heterocycles. The van der Waals surface area contributed by atoms with Crippen LogP contribution in [0.4, 0.5) is 4.39 Å². The molecule has 1 N–H and O–H groups in total. The largest absolute Gasteiger partial charge is 0.304 e. The van der Waals surface area contributed by atoms with E-state index in [1.54, 1.807) is 0 Å². The van der Waals surface area contributed by atoms with E-state index in [9.17, 15) is 4.39 Å². The minimum Gasteiger partial charge on any atom is -0.304 e. The number of aryl methyl sites for hydroxylation is 1. The van der Waals surface area contributed by atoms with Crippen LogP contribution >= 0.6 is 12.2 Å². The number of nitrogens with one attached hydrogen (secondary N) is 1. The van der Waals surface area contributed by atoms with Crippen LogP contribution in [0.5, 0.6) is 0 Å². The lowest BCUT2D eigenvalue weighted by atomic mass is 10.7. The van der Waals surface area contributed by atoms with Gasteiger partial charge >= 0.3 is 0 Å². The van der Waals surface area contributed by atoms with Crippen LogP contribution in [-0.4, -0.2) is 21.4 Å². The highest BCUT2D eigenvalue weighted by Gasteiger charge is 1.89. The van der Waals surface area contributed by atoms with Crippen molar-refractivity contribution in [1.29, 1.82) is 0 Å². The summed E-state index contributed by atoms with van der Waals surface area (Å²) in [6.07, 6.45) is 1.47. The summed E-state index contributed by atoms with van der Waals surface area (Å²) in [7, 11) is 0. The fourth-order valence-corrected chi connectivity index (χ4v) is 0.712. The molecule has 0 spiro atoms. The molecule has 1 rings (SSSR count). The van der Waals surface area contributed by atoms with Crippen LogP contribution < -0.4 is 0 Å². The zero-order chi connectivity index (χ0) is 6.69. The number of alkyl halides is 1. The van der Waals surface area contributed by atoms with E-state index in [1.165, 1.54) is 10.9 Å². The third-order valence-electron chi connectivity index (χ3n) is 0.944. The van der Waals surface area contributed by atoms with Gasteiger partial charge in [-0.1, -0.05) is 0 Å². The Kier molecular flexibility index (Phi) is 1.94. The molecule has 0 fully saturated rings. The van der Waals surface area contributed by atoms with Crippen molar-refractivity contribution in [1.82, 2.24) is 14.8 Å². The van der Waals surface area contributed by atoms with E-state index < -0.39 is 6.67 Å². The van der Waals surface area contributed by atoms with Crippen LogP contribution in [0.1, 0.15) is 0 Å². The number of hydrogen-bond donors (Lipinski definition) is 1. The smallest absolute Gasteiger partial charge is 0.195 e. The summed E-state index contributed by atoms with van der Waals surface area (Å²) in [5, 5.41) is 6.12. The summed E-state index contributed by atoms with van der Waals surface area (Å²) < 4.78 is 13.6. The Morgan fingerprint density at radius 2 is 2.67 bits per heavy atom. The standard InChI is InChI=1S/C4H6FN3S/c5-1-2-8-3-6-7-4(8)9/h3H,1-2H2,(H,7,9). The molecule has 0 atom stereocenters. The molecular weight excluding hydrogens is 141 g/mol. The van der Waals surface area contributed by atoms with Gasteiger partial charge in [-0.25, -0.2) is 4.39 Å². The Labute approximate surface area is 56.5 Å². The monoisotopic (exact) mass is 147 g/mol. The fraction of sp³-hybridized carbons (Fsp3) is 0.500. The van der Waals surface area contributed by atoms with Crippen molar-refractivity contribution in [2.24, 2.45) is 0 Å². The second-order valence-electron chi connectivity index (χ2n) is 1.54. The average Bonchev–Trinajstić information content (AvgIpc) is 2.18. The van der Waals surface area contributed by atoms with E-state index in [0.29, 0.717) is 4.77 Å². The molecule has 0 amide bonds. The van der Waals surface area contributed by atoms with Gasteiger partial charge in [-0.15, -0.1) is 0 Å². The summed E-state index contributed by atoms with van der Waals surface area (Å²) in [5.74, 6) is 0. The summed E-state index contributed by atoms with van der Waals surface area (Å²) in [6, 6.07) is 0. The van der Waals surface area contributed by atoms with Gasteiger partial charge in [0.15, 0.2) is 4.77 Å². The third kappa shape index (κ3) is 1.35. The number of nitrogens with zero attached hydrogens (tertiary/aromatic N) is 2. The van der Waals surface area contributed by atoms with Crippen molar-refractivity contribution in [3.05, 3.63) is 11.1 Å². The van der Waals surface area contributed by atoms with Crippen LogP contribution in [0.25, 0.3) is 0 Å². The number of H-pyrrole nitrogens is 1. The Morgan fingerprint density at radius 1 is 1.89 bits per heavy atom. The first-order valence-electron chi connectivity index (χ1n) is 2.50. The van der Waals surface area contributed by atoms with Gasteiger partial charge in [-0.3, -0.25) is 5.10 Å². The maximum Gasteiger partial charge on any atom is 0.195 e. The van der Waals surface area contributed by atoms with E-state index in [-0.39, 0.29) is 6.54 Å². The van der Waals surface area contributed by atoms with E-state index >= 15 is 0 Å². The predicted octanol–water partition coefficient (Wildman–Crippen LogP) is 0.910. The van der Waals surface area contributed by atoms with Crippen LogP contribution in [-0.2, 0) is 6.54 Å². The van der Waals surface area contributed by atoms with Gasteiger partial charge in [-0.05, 0) is 12.2 Å². The van der Waals surface area contributed by atoms with Crippen molar-refractivity contribution in [3.63, 3.8) is 0 Å². The van der Waals surface area contributed by atoms with Gasteiger partial charge in [0.25, 0.3) is 0 Å². The maximum absolute atomic E-state index is 11.6. The number of halogens is 1. The second-order valence-corrected chi connectivity index (χ2v) is 1.93. The lowest BCUT2D eigenvalue weighted by Crippen LogP contribution is -1.96. The van der Waals surface area contributed by atoms with E-state index in [0.717, 1.165) is 0 Å². The molecular formula is C4H6FN3S. The zero-order valence-electron chi connectivity index (χ0n) is 4.67. The Bertz CT molecular complexity index is 228. The average molecular weight is 147 g/mol. The normalized spacial score (nSPS) is 9.89. The molecule has 1 heterocycles. The minimum absolute atomic E-state index is 0.287. The fourth-order valence-electron chi connectivity index (χ4n) is 0.521. The van der Waals surface area contributed by atoms with Gasteiger partial charge < -0.3 is 4.57 Å². The minimum atomic E-state index is -0.409. The van der Waals surface area contributed by atoms with Gasteiger partial charge in [0.1, 0.15) is 13.0 Å². The highest BCUT2D eigenvalue weighted by molar-refractivity contribution is 7.71. The zero-order valence-corrected chi connectivity index (χ0v) is 5.49. The van der Waals surface area contributed by atoms with Gasteiger partial charge in [0, 0.05) is 0 Å². The van der Waals surface area contributed by atoms with Crippen LogP contribution in [0.15, 0.2) is 6.33 Å². The Hall–Kier alpha value is -0.710. The van der Waals surface area contributed by atoms with Crippen LogP contribution in [0.3, 0.4) is 0 Å². The molecule has 1 aromatic rings. The molecule has 0 aromatic carbocycles. The molecule has 3 nitrogen and oxygen atoms in total. The molecule has 0 bridgehead atoms. The van der Waals surface area contributed by atoms with Crippen LogP contribution in [0.2, 0.25) is 0 Å². The van der Waals surface area contributed by atoms with Crippen molar-refractivity contribution in [2.45, 2.75) is 6.54 Å². The molecule has 0 saturated heterocycles. The number of hydrogen-bond acceptors (Lipinski definition) is 2. The SMILES string of the molecule is FCCn1cn[nH]c1=S. The number of aromatic nitrogens is 3. The van der Waals surface area contributed by atoms with Crippen molar-refractivity contribution < 1.29 is 4.39 Å². The number of rotatable bonds is 2. The predicted molar refractivity (Wildman–Crippen MR) is 33.4 cm³/mol. The van der Waals surface area contributed by atoms with Crippen molar-refractivity contribution >= 4 is 12.2 Å². The quantitative estimate of drug-likeness (QED) is 0.631. The molecule has 1 aromatic heterocycles. The van der Waals surface area contributed by atoms with E-state index in [4.69, 9.17) is 12.2 Å². The molecule has 50 valence electrons. The summed E-state index contributed by atoms with van der Waals surface area (Å²) in [6.45, 7) is -0.122. The van der Waals surface area contributed by atoms with E-state index in [1.807, 2.05) is 0 Å². The Balaban J connectivity index is 2.81. The maximum atomic E-state index is 11.6. The first-order valence-corrected chi connectivity index (χ1v) is 2.91. The highest BCUT2D eigenvalue weighted by Crippen LogP contribution is 1.86. The third-order valence-corrected chi connectivity index (χ3v) is 1.27. The second kappa shape index (κ2) is 2.72. The molecule has 0 radical (unpaired) electrons. The first kappa shape index (κ1) is 6.41. The summed E-state index contributed by atoms with van der Waals surface area (Å²) in [4.78, 5) is 0. The molecule has 9 heavy (non-hydrogen) atoms. The molecule has 0 aliphatic carbocycles. The molecule has 5 heteroatoms. The molecule has 0 unspecified atom stereocenters. The van der Waals surface area contributed by atoms with E-state index in [2.05, 4.69) is 10.2 Å². The van der Waals surface area contributed by atoms with Crippen molar-refractivity contribution in [2.75, 3.05) is 6.67 Å².